The molecule has 0 aliphatic rings. The van der Waals surface area contributed by atoms with Gasteiger partial charge in [-0.15, -0.1) is 11.3 Å². The van der Waals surface area contributed by atoms with E-state index in [0.717, 1.165) is 0 Å². The number of aromatic nitrogens is 1. The lowest BCUT2D eigenvalue weighted by atomic mass is 10.0. The van der Waals surface area contributed by atoms with Crippen LogP contribution < -0.4 is 5.43 Å². The molecule has 1 atom stereocenters. The average Bonchev–Trinajstić information content (AvgIpc) is 2.87. The summed E-state index contributed by atoms with van der Waals surface area (Å²) in [6.07, 6.45) is 4.06. The molecule has 0 amide bonds. The lowest BCUT2D eigenvalue weighted by molar-refractivity contribution is 0.511. The van der Waals surface area contributed by atoms with Gasteiger partial charge in [0.05, 0.1) is 6.04 Å². The summed E-state index contributed by atoms with van der Waals surface area (Å²) in [5, 5.41) is 2.13. The van der Waals surface area contributed by atoms with E-state index in [0.29, 0.717) is 12.0 Å². The summed E-state index contributed by atoms with van der Waals surface area (Å²) in [5.74, 6) is 0.575. The van der Waals surface area contributed by atoms with Gasteiger partial charge in [-0.2, -0.15) is 0 Å². The van der Waals surface area contributed by atoms with E-state index in [1.165, 1.54) is 4.88 Å². The van der Waals surface area contributed by atoms with Crippen molar-refractivity contribution < 1.29 is 0 Å². The zero-order chi connectivity index (χ0) is 10.7. The first kappa shape index (κ1) is 10.3. The third kappa shape index (κ3) is 2.42. The van der Waals surface area contributed by atoms with Crippen molar-refractivity contribution in [2.24, 2.45) is 5.92 Å². The van der Waals surface area contributed by atoms with Gasteiger partial charge in [0.2, 0.25) is 0 Å². The van der Waals surface area contributed by atoms with Crippen LogP contribution >= 0.6 is 11.3 Å². The van der Waals surface area contributed by atoms with Gasteiger partial charge in [-0.3, -0.25) is 4.68 Å². The molecule has 0 aromatic carbocycles. The zero-order valence-electron chi connectivity index (χ0n) is 9.05. The Balaban J connectivity index is 2.14. The monoisotopic (exact) mass is 220 g/mol. The molecular formula is C12H16N2S. The summed E-state index contributed by atoms with van der Waals surface area (Å²) >= 11 is 1.81. The molecule has 2 rings (SSSR count). The van der Waals surface area contributed by atoms with Crippen LogP contribution in [0.15, 0.2) is 42.0 Å². The molecule has 0 aliphatic heterocycles. The molecule has 0 fully saturated rings. The van der Waals surface area contributed by atoms with Crippen LogP contribution in [-0.2, 0) is 0 Å². The predicted octanol–water partition coefficient (Wildman–Crippen LogP) is 3.49. The Morgan fingerprint density at radius 1 is 1.20 bits per heavy atom. The van der Waals surface area contributed by atoms with Crippen LogP contribution in [0.3, 0.4) is 0 Å². The zero-order valence-corrected chi connectivity index (χ0v) is 9.87. The SMILES string of the molecule is CC(C)C(Nn1cccc1)c1cccs1. The third-order valence-electron chi connectivity index (χ3n) is 2.41. The highest BCUT2D eigenvalue weighted by Crippen LogP contribution is 2.26. The predicted molar refractivity (Wildman–Crippen MR) is 65.7 cm³/mol. The molecule has 0 spiro atoms. The number of nitrogens with one attached hydrogen (secondary N) is 1. The largest absolute Gasteiger partial charge is 0.318 e. The fourth-order valence-corrected chi connectivity index (χ4v) is 2.53. The maximum Gasteiger partial charge on any atom is 0.0788 e. The van der Waals surface area contributed by atoms with Crippen molar-refractivity contribution in [2.75, 3.05) is 5.43 Å². The molecule has 80 valence electrons. The lowest BCUT2D eigenvalue weighted by Gasteiger charge is -2.22. The number of hydrogen-bond donors (Lipinski definition) is 1. The normalized spacial score (nSPS) is 13.0. The first-order valence-electron chi connectivity index (χ1n) is 5.20. The van der Waals surface area contributed by atoms with Gasteiger partial charge in [-0.05, 0) is 29.5 Å². The fraction of sp³-hybridized carbons (Fsp3) is 0.333. The second-order valence-electron chi connectivity index (χ2n) is 3.96. The average molecular weight is 220 g/mol. The minimum atomic E-state index is 0.386. The molecule has 0 saturated heterocycles. The summed E-state index contributed by atoms with van der Waals surface area (Å²) < 4.78 is 2.02. The molecule has 15 heavy (non-hydrogen) atoms. The van der Waals surface area contributed by atoms with Crippen molar-refractivity contribution in [2.45, 2.75) is 19.9 Å². The van der Waals surface area contributed by atoms with Crippen LogP contribution in [0, 0.1) is 5.92 Å². The lowest BCUT2D eigenvalue weighted by Crippen LogP contribution is -2.23. The van der Waals surface area contributed by atoms with E-state index in [9.17, 15) is 0 Å². The van der Waals surface area contributed by atoms with E-state index in [4.69, 9.17) is 0 Å². The smallest absolute Gasteiger partial charge is 0.0788 e. The summed E-state index contributed by atoms with van der Waals surface area (Å²) in [6, 6.07) is 8.73. The van der Waals surface area contributed by atoms with Crippen LogP contribution in [0.1, 0.15) is 24.8 Å². The van der Waals surface area contributed by atoms with Crippen molar-refractivity contribution in [1.29, 1.82) is 0 Å². The second kappa shape index (κ2) is 4.53. The minimum absolute atomic E-state index is 0.386. The molecule has 2 aromatic rings. The van der Waals surface area contributed by atoms with Gasteiger partial charge in [-0.1, -0.05) is 19.9 Å². The van der Waals surface area contributed by atoms with E-state index in [-0.39, 0.29) is 0 Å². The molecule has 0 aliphatic carbocycles. The Morgan fingerprint density at radius 3 is 2.47 bits per heavy atom. The van der Waals surface area contributed by atoms with Crippen LogP contribution in [0.2, 0.25) is 0 Å². The molecule has 2 nitrogen and oxygen atoms in total. The number of rotatable bonds is 4. The van der Waals surface area contributed by atoms with Gasteiger partial charge in [-0.25, -0.2) is 0 Å². The molecule has 0 saturated carbocycles. The van der Waals surface area contributed by atoms with Crippen molar-refractivity contribution in [3.63, 3.8) is 0 Å². The van der Waals surface area contributed by atoms with Crippen LogP contribution in [0.4, 0.5) is 0 Å². The Bertz CT molecular complexity index is 376. The number of thiophene rings is 1. The van der Waals surface area contributed by atoms with Gasteiger partial charge >= 0.3 is 0 Å². The Kier molecular flexibility index (Phi) is 3.11. The van der Waals surface area contributed by atoms with Crippen LogP contribution in [-0.4, -0.2) is 4.68 Å². The van der Waals surface area contributed by atoms with Crippen LogP contribution in [0.25, 0.3) is 0 Å². The molecule has 0 bridgehead atoms. The first-order valence-corrected chi connectivity index (χ1v) is 6.08. The third-order valence-corrected chi connectivity index (χ3v) is 3.36. The molecule has 2 aromatic heterocycles. The fourth-order valence-electron chi connectivity index (χ4n) is 1.59. The summed E-state index contributed by atoms with van der Waals surface area (Å²) in [7, 11) is 0. The van der Waals surface area contributed by atoms with Crippen molar-refractivity contribution >= 4 is 11.3 Å². The first-order chi connectivity index (χ1) is 7.27. The van der Waals surface area contributed by atoms with E-state index < -0.39 is 0 Å². The molecule has 3 heteroatoms. The minimum Gasteiger partial charge on any atom is -0.318 e. The van der Waals surface area contributed by atoms with E-state index in [1.54, 1.807) is 11.3 Å². The van der Waals surface area contributed by atoms with E-state index in [2.05, 4.69) is 36.8 Å². The highest BCUT2D eigenvalue weighted by Gasteiger charge is 2.16. The van der Waals surface area contributed by atoms with Gasteiger partial charge < -0.3 is 5.43 Å². The van der Waals surface area contributed by atoms with E-state index >= 15 is 0 Å². The second-order valence-corrected chi connectivity index (χ2v) is 4.94. The summed E-state index contributed by atoms with van der Waals surface area (Å²) in [6.45, 7) is 4.47. The highest BCUT2D eigenvalue weighted by atomic mass is 32.1. The molecule has 1 N–H and O–H groups in total. The summed E-state index contributed by atoms with van der Waals surface area (Å²) in [4.78, 5) is 1.39. The van der Waals surface area contributed by atoms with Crippen molar-refractivity contribution in [3.8, 4) is 0 Å². The Morgan fingerprint density at radius 2 is 1.93 bits per heavy atom. The molecular weight excluding hydrogens is 204 g/mol. The molecule has 2 heterocycles. The number of hydrogen-bond acceptors (Lipinski definition) is 2. The van der Waals surface area contributed by atoms with Gasteiger partial charge in [0.1, 0.15) is 0 Å². The highest BCUT2D eigenvalue weighted by molar-refractivity contribution is 7.10. The topological polar surface area (TPSA) is 17.0 Å². The van der Waals surface area contributed by atoms with E-state index in [1.807, 2.05) is 29.2 Å². The Labute approximate surface area is 94.5 Å². The standard InChI is InChI=1S/C12H16N2S/c1-10(2)12(11-6-5-9-15-11)13-14-7-3-4-8-14/h3-10,12-13H,1-2H3. The molecule has 0 radical (unpaired) electrons. The van der Waals surface area contributed by atoms with Crippen LogP contribution in [0.5, 0.6) is 0 Å². The number of nitrogens with zero attached hydrogens (tertiary/aromatic N) is 1. The van der Waals surface area contributed by atoms with Gasteiger partial charge in [0.25, 0.3) is 0 Å². The maximum atomic E-state index is 3.49. The quantitative estimate of drug-likeness (QED) is 0.834. The van der Waals surface area contributed by atoms with Crippen molar-refractivity contribution in [3.05, 3.63) is 46.9 Å². The van der Waals surface area contributed by atoms with Crippen molar-refractivity contribution in [1.82, 2.24) is 4.68 Å². The Hall–Kier alpha value is -1.22. The summed E-state index contributed by atoms with van der Waals surface area (Å²) in [5.41, 5.74) is 3.49. The maximum absolute atomic E-state index is 3.49. The molecule has 1 unspecified atom stereocenters. The van der Waals surface area contributed by atoms with Gasteiger partial charge in [0, 0.05) is 17.3 Å². The van der Waals surface area contributed by atoms with Gasteiger partial charge in [0.15, 0.2) is 0 Å².